The van der Waals surface area contributed by atoms with E-state index in [9.17, 15) is 0 Å². The van der Waals surface area contributed by atoms with Crippen molar-refractivity contribution in [2.75, 3.05) is 6.54 Å². The van der Waals surface area contributed by atoms with Crippen LogP contribution in [0.2, 0.25) is 0 Å². The Morgan fingerprint density at radius 3 is 2.86 bits per heavy atom. The summed E-state index contributed by atoms with van der Waals surface area (Å²) in [5, 5.41) is 3.23. The lowest BCUT2D eigenvalue weighted by atomic mass is 10.3. The second-order valence-corrected chi connectivity index (χ2v) is 3.55. The minimum absolute atomic E-state index is 0.373. The highest BCUT2D eigenvalue weighted by Gasteiger charge is 2.05. The van der Waals surface area contributed by atoms with Crippen LogP contribution in [-0.2, 0) is 6.54 Å². The van der Waals surface area contributed by atoms with E-state index < -0.39 is 0 Å². The largest absolute Gasteiger partial charge is 0.333 e. The molecule has 0 bridgehead atoms. The highest BCUT2D eigenvalue weighted by atomic mass is 15.1. The van der Waals surface area contributed by atoms with E-state index in [1.54, 1.807) is 0 Å². The zero-order chi connectivity index (χ0) is 10.6. The quantitative estimate of drug-likeness (QED) is 0.723. The van der Waals surface area contributed by atoms with Gasteiger partial charge in [0, 0.05) is 18.3 Å². The van der Waals surface area contributed by atoms with Crippen LogP contribution in [0.3, 0.4) is 0 Å². The Kier molecular flexibility index (Phi) is 3.73. The zero-order valence-electron chi connectivity index (χ0n) is 9.04. The van der Waals surface area contributed by atoms with E-state index in [1.165, 1.54) is 5.69 Å². The fraction of sp³-hybridized carbons (Fsp3) is 0.545. The molecule has 0 aliphatic heterocycles. The Balaban J connectivity index is 2.52. The molecule has 1 heterocycles. The molecule has 0 saturated heterocycles. The van der Waals surface area contributed by atoms with E-state index in [1.807, 2.05) is 13.3 Å². The molecule has 3 heteroatoms. The summed E-state index contributed by atoms with van der Waals surface area (Å²) in [5.41, 5.74) is 2.31. The van der Waals surface area contributed by atoms with Crippen molar-refractivity contribution in [1.82, 2.24) is 14.9 Å². The summed E-state index contributed by atoms with van der Waals surface area (Å²) in [4.78, 5) is 4.24. The second kappa shape index (κ2) is 4.83. The standard InChI is InChI=1S/C11H17N3/c1-5-6-12-9(2)7-14-8-13-10(3)11(14)4/h1,8-9,12H,6-7H2,2-4H3. The van der Waals surface area contributed by atoms with Gasteiger partial charge in [-0.25, -0.2) is 4.98 Å². The number of terminal acetylenes is 1. The molecule has 1 unspecified atom stereocenters. The third-order valence-electron chi connectivity index (χ3n) is 2.37. The van der Waals surface area contributed by atoms with Crippen molar-refractivity contribution in [1.29, 1.82) is 0 Å². The number of nitrogens with zero attached hydrogens (tertiary/aromatic N) is 2. The number of nitrogens with one attached hydrogen (secondary N) is 1. The molecule has 0 aromatic carbocycles. The van der Waals surface area contributed by atoms with Gasteiger partial charge in [-0.2, -0.15) is 0 Å². The van der Waals surface area contributed by atoms with Crippen LogP contribution in [0.15, 0.2) is 6.33 Å². The first-order valence-electron chi connectivity index (χ1n) is 4.80. The predicted molar refractivity (Wildman–Crippen MR) is 58.0 cm³/mol. The van der Waals surface area contributed by atoms with Crippen molar-refractivity contribution in [3.63, 3.8) is 0 Å². The van der Waals surface area contributed by atoms with Crippen LogP contribution < -0.4 is 5.32 Å². The van der Waals surface area contributed by atoms with Gasteiger partial charge in [-0.15, -0.1) is 6.42 Å². The monoisotopic (exact) mass is 191 g/mol. The van der Waals surface area contributed by atoms with E-state index in [0.717, 1.165) is 12.2 Å². The molecule has 1 aromatic heterocycles. The van der Waals surface area contributed by atoms with Gasteiger partial charge < -0.3 is 9.88 Å². The van der Waals surface area contributed by atoms with Gasteiger partial charge in [-0.3, -0.25) is 0 Å². The highest BCUT2D eigenvalue weighted by molar-refractivity contribution is 5.08. The van der Waals surface area contributed by atoms with Crippen LogP contribution in [0.5, 0.6) is 0 Å². The van der Waals surface area contributed by atoms with Crippen LogP contribution in [0.1, 0.15) is 18.3 Å². The van der Waals surface area contributed by atoms with Crippen LogP contribution in [0, 0.1) is 26.2 Å². The third kappa shape index (κ3) is 2.61. The van der Waals surface area contributed by atoms with Gasteiger partial charge in [0.25, 0.3) is 0 Å². The molecule has 0 aliphatic rings. The lowest BCUT2D eigenvalue weighted by Crippen LogP contribution is -2.30. The number of aromatic nitrogens is 2. The van der Waals surface area contributed by atoms with Gasteiger partial charge in [0.05, 0.1) is 18.6 Å². The van der Waals surface area contributed by atoms with Gasteiger partial charge >= 0.3 is 0 Å². The van der Waals surface area contributed by atoms with E-state index in [4.69, 9.17) is 6.42 Å². The maximum absolute atomic E-state index is 5.17. The van der Waals surface area contributed by atoms with Gasteiger partial charge in [0.15, 0.2) is 0 Å². The fourth-order valence-corrected chi connectivity index (χ4v) is 1.32. The molecule has 14 heavy (non-hydrogen) atoms. The maximum Gasteiger partial charge on any atom is 0.0951 e. The van der Waals surface area contributed by atoms with Crippen molar-refractivity contribution < 1.29 is 0 Å². The van der Waals surface area contributed by atoms with Crippen molar-refractivity contribution in [2.45, 2.75) is 33.4 Å². The molecular formula is C11H17N3. The molecule has 0 amide bonds. The average Bonchev–Trinajstić information content (AvgIpc) is 2.46. The Morgan fingerprint density at radius 2 is 2.36 bits per heavy atom. The normalized spacial score (nSPS) is 12.4. The van der Waals surface area contributed by atoms with Crippen LogP contribution >= 0.6 is 0 Å². The van der Waals surface area contributed by atoms with Gasteiger partial charge in [-0.05, 0) is 20.8 Å². The molecule has 76 valence electrons. The Labute approximate surface area is 85.5 Å². The molecule has 1 atom stereocenters. The van der Waals surface area contributed by atoms with Gasteiger partial charge in [0.2, 0.25) is 0 Å². The van der Waals surface area contributed by atoms with E-state index >= 15 is 0 Å². The highest BCUT2D eigenvalue weighted by Crippen LogP contribution is 2.04. The molecule has 0 radical (unpaired) electrons. The average molecular weight is 191 g/mol. The summed E-state index contributed by atoms with van der Waals surface area (Å²) in [6, 6.07) is 0.373. The molecule has 1 aromatic rings. The second-order valence-electron chi connectivity index (χ2n) is 3.55. The Morgan fingerprint density at radius 1 is 1.64 bits per heavy atom. The maximum atomic E-state index is 5.17. The van der Waals surface area contributed by atoms with E-state index in [-0.39, 0.29) is 0 Å². The fourth-order valence-electron chi connectivity index (χ4n) is 1.32. The number of imidazole rings is 1. The molecule has 0 aliphatic carbocycles. The lowest BCUT2D eigenvalue weighted by Gasteiger charge is -2.13. The summed E-state index contributed by atoms with van der Waals surface area (Å²) in [6.07, 6.45) is 7.05. The predicted octanol–water partition coefficient (Wildman–Crippen LogP) is 1.11. The van der Waals surface area contributed by atoms with Crippen molar-refractivity contribution in [3.8, 4) is 12.3 Å². The van der Waals surface area contributed by atoms with Gasteiger partial charge in [0.1, 0.15) is 0 Å². The molecular weight excluding hydrogens is 174 g/mol. The molecule has 1 N–H and O–H groups in total. The summed E-state index contributed by atoms with van der Waals surface area (Å²) >= 11 is 0. The first-order valence-corrected chi connectivity index (χ1v) is 4.80. The van der Waals surface area contributed by atoms with Crippen molar-refractivity contribution in [2.24, 2.45) is 0 Å². The van der Waals surface area contributed by atoms with Crippen molar-refractivity contribution in [3.05, 3.63) is 17.7 Å². The Hall–Kier alpha value is -1.27. The molecule has 0 spiro atoms. The minimum atomic E-state index is 0.373. The summed E-state index contributed by atoms with van der Waals surface area (Å²) in [7, 11) is 0. The van der Waals surface area contributed by atoms with Crippen LogP contribution in [0.4, 0.5) is 0 Å². The van der Waals surface area contributed by atoms with E-state index in [2.05, 4.69) is 34.6 Å². The molecule has 3 nitrogen and oxygen atoms in total. The first-order chi connectivity index (χ1) is 6.65. The summed E-state index contributed by atoms with van der Waals surface area (Å²) in [5.74, 6) is 2.57. The molecule has 0 fully saturated rings. The van der Waals surface area contributed by atoms with E-state index in [0.29, 0.717) is 12.6 Å². The van der Waals surface area contributed by atoms with Crippen LogP contribution in [0.25, 0.3) is 0 Å². The third-order valence-corrected chi connectivity index (χ3v) is 2.37. The first kappa shape index (κ1) is 10.8. The molecule has 0 saturated carbocycles. The summed E-state index contributed by atoms with van der Waals surface area (Å²) < 4.78 is 2.14. The Bertz CT molecular complexity index is 333. The zero-order valence-corrected chi connectivity index (χ0v) is 9.04. The lowest BCUT2D eigenvalue weighted by molar-refractivity contribution is 0.495. The summed E-state index contributed by atoms with van der Waals surface area (Å²) in [6.45, 7) is 7.75. The van der Waals surface area contributed by atoms with Crippen LogP contribution in [-0.4, -0.2) is 22.1 Å². The number of aryl methyl sites for hydroxylation is 1. The number of rotatable bonds is 4. The SMILES string of the molecule is C#CCNC(C)Cn1cnc(C)c1C. The number of hydrogen-bond acceptors (Lipinski definition) is 2. The minimum Gasteiger partial charge on any atom is -0.333 e. The van der Waals surface area contributed by atoms with Gasteiger partial charge in [-0.1, -0.05) is 5.92 Å². The topological polar surface area (TPSA) is 29.9 Å². The molecule has 1 rings (SSSR count). The number of hydrogen-bond donors (Lipinski definition) is 1. The van der Waals surface area contributed by atoms with Crippen molar-refractivity contribution >= 4 is 0 Å². The smallest absolute Gasteiger partial charge is 0.0951 e.